The molecule has 0 heterocycles. The predicted molar refractivity (Wildman–Crippen MR) is 48.1 cm³/mol. The van der Waals surface area contributed by atoms with E-state index in [4.69, 9.17) is 10.2 Å². The number of aryl methyl sites for hydroxylation is 2. The average molecular weight is 238 g/mol. The SMILES string of the molecule is Cc1cc(C(O)(F)F)c(C(O)(F)F)cc1C. The van der Waals surface area contributed by atoms with Crippen molar-refractivity contribution >= 4 is 0 Å². The van der Waals surface area contributed by atoms with Gasteiger partial charge in [-0.1, -0.05) is 0 Å². The van der Waals surface area contributed by atoms with Crippen molar-refractivity contribution in [2.24, 2.45) is 0 Å². The lowest BCUT2D eigenvalue weighted by molar-refractivity contribution is -0.231. The largest absolute Gasteiger partial charge is 0.381 e. The molecule has 6 heteroatoms. The number of aliphatic hydroxyl groups is 2. The van der Waals surface area contributed by atoms with Crippen LogP contribution in [0, 0.1) is 13.8 Å². The van der Waals surface area contributed by atoms with E-state index in [1.54, 1.807) is 0 Å². The molecule has 0 saturated heterocycles. The predicted octanol–water partition coefficient (Wildman–Crippen LogP) is 2.39. The van der Waals surface area contributed by atoms with E-state index in [0.29, 0.717) is 11.1 Å². The molecule has 2 N–H and O–H groups in total. The summed E-state index contributed by atoms with van der Waals surface area (Å²) in [4.78, 5) is 0. The molecule has 0 spiro atoms. The van der Waals surface area contributed by atoms with Gasteiger partial charge < -0.3 is 10.2 Å². The number of alkyl halides is 4. The van der Waals surface area contributed by atoms with Crippen LogP contribution in [0.2, 0.25) is 0 Å². The molecule has 0 radical (unpaired) electrons. The molecular weight excluding hydrogens is 228 g/mol. The third-order valence-corrected chi connectivity index (χ3v) is 2.28. The molecule has 90 valence electrons. The van der Waals surface area contributed by atoms with Gasteiger partial charge in [-0.25, -0.2) is 0 Å². The fraction of sp³-hybridized carbons (Fsp3) is 0.400. The highest BCUT2D eigenvalue weighted by Crippen LogP contribution is 2.37. The summed E-state index contributed by atoms with van der Waals surface area (Å²) in [6.07, 6.45) is -8.83. The molecule has 0 aliphatic heterocycles. The summed E-state index contributed by atoms with van der Waals surface area (Å²) in [6.45, 7) is 2.87. The molecule has 1 aromatic carbocycles. The Labute approximate surface area is 89.1 Å². The Hall–Kier alpha value is -1.14. The average Bonchev–Trinajstić information content (AvgIpc) is 2.05. The Bertz CT molecular complexity index is 366. The maximum absolute atomic E-state index is 12.7. The highest BCUT2D eigenvalue weighted by Gasteiger charge is 2.40. The lowest BCUT2D eigenvalue weighted by atomic mass is 9.98. The van der Waals surface area contributed by atoms with Gasteiger partial charge >= 0.3 is 12.2 Å². The summed E-state index contributed by atoms with van der Waals surface area (Å²) in [7, 11) is 0. The highest BCUT2D eigenvalue weighted by atomic mass is 19.3. The van der Waals surface area contributed by atoms with Crippen LogP contribution >= 0.6 is 0 Å². The van der Waals surface area contributed by atoms with Crippen LogP contribution in [0.5, 0.6) is 0 Å². The maximum atomic E-state index is 12.7. The first kappa shape index (κ1) is 12.9. The molecule has 1 rings (SSSR count). The van der Waals surface area contributed by atoms with E-state index in [1.807, 2.05) is 0 Å². The zero-order valence-electron chi connectivity index (χ0n) is 8.56. The van der Waals surface area contributed by atoms with Crippen molar-refractivity contribution in [2.45, 2.75) is 26.1 Å². The van der Waals surface area contributed by atoms with Gasteiger partial charge in [-0.15, -0.1) is 0 Å². The molecule has 16 heavy (non-hydrogen) atoms. The standard InChI is InChI=1S/C10H10F4O2/c1-5-3-7(9(11,12)15)8(4-6(5)2)10(13,14)16/h3-4,15-16H,1-2H3. The Morgan fingerprint density at radius 2 is 1.06 bits per heavy atom. The molecule has 0 bridgehead atoms. The van der Waals surface area contributed by atoms with Gasteiger partial charge in [0.05, 0.1) is 11.1 Å². The summed E-state index contributed by atoms with van der Waals surface area (Å²) < 4.78 is 50.7. The second-order valence-corrected chi connectivity index (χ2v) is 3.56. The first-order chi connectivity index (χ1) is 7.03. The smallest absolute Gasteiger partial charge is 0.332 e. The molecule has 0 saturated carbocycles. The zero-order valence-corrected chi connectivity index (χ0v) is 8.56. The van der Waals surface area contributed by atoms with E-state index in [2.05, 4.69) is 0 Å². The molecule has 0 unspecified atom stereocenters. The molecule has 0 aliphatic carbocycles. The van der Waals surface area contributed by atoms with Crippen molar-refractivity contribution in [2.75, 3.05) is 0 Å². The second-order valence-electron chi connectivity index (χ2n) is 3.56. The number of rotatable bonds is 2. The van der Waals surface area contributed by atoms with E-state index >= 15 is 0 Å². The van der Waals surface area contributed by atoms with E-state index in [0.717, 1.165) is 12.1 Å². The minimum Gasteiger partial charge on any atom is -0.332 e. The first-order valence-electron chi connectivity index (χ1n) is 4.36. The molecule has 2 nitrogen and oxygen atoms in total. The maximum Gasteiger partial charge on any atom is 0.381 e. The van der Waals surface area contributed by atoms with Gasteiger partial charge in [-0.3, -0.25) is 0 Å². The van der Waals surface area contributed by atoms with Crippen molar-refractivity contribution in [3.05, 3.63) is 34.4 Å². The van der Waals surface area contributed by atoms with Gasteiger partial charge in [-0.05, 0) is 37.1 Å². The number of hydrogen-bond donors (Lipinski definition) is 2. The fourth-order valence-corrected chi connectivity index (χ4v) is 1.31. The third-order valence-electron chi connectivity index (χ3n) is 2.28. The van der Waals surface area contributed by atoms with Crippen LogP contribution in [0.25, 0.3) is 0 Å². The van der Waals surface area contributed by atoms with Crippen LogP contribution in [0.1, 0.15) is 22.3 Å². The van der Waals surface area contributed by atoms with Gasteiger partial charge in [0.25, 0.3) is 0 Å². The van der Waals surface area contributed by atoms with E-state index in [1.165, 1.54) is 13.8 Å². The van der Waals surface area contributed by atoms with Crippen LogP contribution in [0.15, 0.2) is 12.1 Å². The van der Waals surface area contributed by atoms with Gasteiger partial charge in [0.2, 0.25) is 0 Å². The molecule has 0 fully saturated rings. The monoisotopic (exact) mass is 238 g/mol. The summed E-state index contributed by atoms with van der Waals surface area (Å²) >= 11 is 0. The Balaban J connectivity index is 3.53. The third kappa shape index (κ3) is 2.51. The van der Waals surface area contributed by atoms with Gasteiger partial charge in [-0.2, -0.15) is 17.6 Å². The van der Waals surface area contributed by atoms with Crippen molar-refractivity contribution in [1.29, 1.82) is 0 Å². The summed E-state index contributed by atoms with van der Waals surface area (Å²) in [5.41, 5.74) is -1.94. The topological polar surface area (TPSA) is 40.5 Å². The van der Waals surface area contributed by atoms with Crippen molar-refractivity contribution < 1.29 is 27.8 Å². The van der Waals surface area contributed by atoms with Crippen molar-refractivity contribution in [3.8, 4) is 0 Å². The Morgan fingerprint density at radius 1 is 0.812 bits per heavy atom. The number of halogens is 4. The lowest BCUT2D eigenvalue weighted by Crippen LogP contribution is -2.22. The van der Waals surface area contributed by atoms with E-state index in [-0.39, 0.29) is 0 Å². The van der Waals surface area contributed by atoms with Crippen LogP contribution in [0.3, 0.4) is 0 Å². The molecule has 0 aliphatic rings. The quantitative estimate of drug-likeness (QED) is 0.776. The second kappa shape index (κ2) is 3.71. The van der Waals surface area contributed by atoms with Crippen molar-refractivity contribution in [1.82, 2.24) is 0 Å². The van der Waals surface area contributed by atoms with Gasteiger partial charge in [0, 0.05) is 0 Å². The van der Waals surface area contributed by atoms with Crippen LogP contribution in [0.4, 0.5) is 17.6 Å². The number of benzene rings is 1. The van der Waals surface area contributed by atoms with E-state index in [9.17, 15) is 17.6 Å². The summed E-state index contributed by atoms with van der Waals surface area (Å²) in [5, 5.41) is 16.9. The van der Waals surface area contributed by atoms with Crippen LogP contribution in [-0.4, -0.2) is 10.2 Å². The lowest BCUT2D eigenvalue weighted by Gasteiger charge is -2.19. The molecule has 1 aromatic rings. The normalized spacial score (nSPS) is 13.0. The zero-order chi connectivity index (χ0) is 12.7. The molecule has 0 aromatic heterocycles. The van der Waals surface area contributed by atoms with Crippen molar-refractivity contribution in [3.63, 3.8) is 0 Å². The molecule has 0 atom stereocenters. The van der Waals surface area contributed by atoms with Gasteiger partial charge in [0.1, 0.15) is 0 Å². The summed E-state index contributed by atoms with van der Waals surface area (Å²) in [6, 6.07) is 1.46. The highest BCUT2D eigenvalue weighted by molar-refractivity contribution is 5.40. The Morgan fingerprint density at radius 3 is 1.25 bits per heavy atom. The molecule has 0 amide bonds. The first-order valence-corrected chi connectivity index (χ1v) is 4.36. The summed E-state index contributed by atoms with van der Waals surface area (Å²) in [5.74, 6) is 0. The number of hydrogen-bond acceptors (Lipinski definition) is 2. The van der Waals surface area contributed by atoms with E-state index < -0.39 is 23.3 Å². The fourth-order valence-electron chi connectivity index (χ4n) is 1.31. The van der Waals surface area contributed by atoms with Crippen LogP contribution in [-0.2, 0) is 12.2 Å². The Kier molecular flexibility index (Phi) is 3.00. The minimum absolute atomic E-state index is 0.316. The van der Waals surface area contributed by atoms with Crippen LogP contribution < -0.4 is 0 Å². The minimum atomic E-state index is -4.42. The molecular formula is C10H10F4O2. The van der Waals surface area contributed by atoms with Gasteiger partial charge in [0.15, 0.2) is 0 Å².